The molecule has 1 aliphatic carbocycles. The molecule has 0 saturated carbocycles. The van der Waals surface area contributed by atoms with Gasteiger partial charge in [-0.1, -0.05) is 44.2 Å². The van der Waals surface area contributed by atoms with Gasteiger partial charge in [0.25, 0.3) is 0 Å². The van der Waals surface area contributed by atoms with Gasteiger partial charge in [-0.2, -0.15) is 5.26 Å². The van der Waals surface area contributed by atoms with Crippen molar-refractivity contribution in [2.75, 3.05) is 5.32 Å². The lowest BCUT2D eigenvalue weighted by atomic mass is 9.85. The fourth-order valence-corrected chi connectivity index (χ4v) is 3.11. The van der Waals surface area contributed by atoms with Crippen molar-refractivity contribution in [3.8, 4) is 6.07 Å². The van der Waals surface area contributed by atoms with E-state index in [1.165, 1.54) is 11.1 Å². The van der Waals surface area contributed by atoms with Gasteiger partial charge in [-0.25, -0.2) is 0 Å². The maximum absolute atomic E-state index is 9.01. The molecule has 2 heteroatoms. The second-order valence-corrected chi connectivity index (χ2v) is 6.13. The largest absolute Gasteiger partial charge is 0.378 e. The van der Waals surface area contributed by atoms with Crippen LogP contribution in [0.15, 0.2) is 48.5 Å². The molecular formula is C18H18N2. The highest BCUT2D eigenvalue weighted by Crippen LogP contribution is 2.46. The van der Waals surface area contributed by atoms with E-state index in [2.05, 4.69) is 49.5 Å². The Bertz CT molecular complexity index is 680. The lowest BCUT2D eigenvalue weighted by Gasteiger charge is -2.29. The highest BCUT2D eigenvalue weighted by Gasteiger charge is 2.38. The molecule has 0 aliphatic heterocycles. The van der Waals surface area contributed by atoms with Crippen LogP contribution in [0.25, 0.3) is 0 Å². The Balaban J connectivity index is 1.95. The molecule has 0 spiro atoms. The molecule has 0 radical (unpaired) electrons. The van der Waals surface area contributed by atoms with E-state index in [-0.39, 0.29) is 11.5 Å². The number of nitrogens with one attached hydrogen (secondary N) is 1. The topological polar surface area (TPSA) is 35.8 Å². The highest BCUT2D eigenvalue weighted by molar-refractivity contribution is 5.53. The van der Waals surface area contributed by atoms with Gasteiger partial charge in [0.15, 0.2) is 0 Å². The van der Waals surface area contributed by atoms with Gasteiger partial charge in [-0.05, 0) is 41.2 Å². The highest BCUT2D eigenvalue weighted by atomic mass is 14.9. The molecule has 0 aromatic heterocycles. The van der Waals surface area contributed by atoms with E-state index in [0.717, 1.165) is 12.1 Å². The molecule has 2 aromatic carbocycles. The number of nitriles is 1. The number of benzene rings is 2. The predicted molar refractivity (Wildman–Crippen MR) is 81.4 cm³/mol. The van der Waals surface area contributed by atoms with Crippen LogP contribution in [-0.4, -0.2) is 0 Å². The van der Waals surface area contributed by atoms with Gasteiger partial charge in [-0.15, -0.1) is 0 Å². The van der Waals surface area contributed by atoms with Crippen molar-refractivity contribution in [1.29, 1.82) is 5.26 Å². The Morgan fingerprint density at radius 2 is 1.95 bits per heavy atom. The molecule has 100 valence electrons. The van der Waals surface area contributed by atoms with E-state index >= 15 is 0 Å². The first kappa shape index (κ1) is 12.7. The summed E-state index contributed by atoms with van der Waals surface area (Å²) in [6, 6.07) is 18.8. The minimum atomic E-state index is 0.173. The molecule has 20 heavy (non-hydrogen) atoms. The minimum absolute atomic E-state index is 0.173. The Morgan fingerprint density at radius 1 is 1.15 bits per heavy atom. The monoisotopic (exact) mass is 262 g/mol. The van der Waals surface area contributed by atoms with Crippen LogP contribution in [0, 0.1) is 16.7 Å². The molecule has 1 unspecified atom stereocenters. The standard InChI is InChI=1S/C18H18N2/c1-18(2)11-14-7-3-4-9-16(14)17(18)20-15-8-5-6-13(10-15)12-19/h3-10,17,20H,11H2,1-2H3. The van der Waals surface area contributed by atoms with Crippen molar-refractivity contribution in [1.82, 2.24) is 0 Å². The Kier molecular flexibility index (Phi) is 2.99. The van der Waals surface area contributed by atoms with Gasteiger partial charge in [0, 0.05) is 5.69 Å². The van der Waals surface area contributed by atoms with Crippen LogP contribution < -0.4 is 5.32 Å². The number of rotatable bonds is 2. The average molecular weight is 262 g/mol. The summed E-state index contributed by atoms with van der Waals surface area (Å²) in [7, 11) is 0. The van der Waals surface area contributed by atoms with Gasteiger partial charge in [0.05, 0.1) is 17.7 Å². The zero-order valence-electron chi connectivity index (χ0n) is 11.9. The molecule has 1 aliphatic rings. The molecule has 0 amide bonds. The molecule has 1 N–H and O–H groups in total. The Labute approximate surface area is 120 Å². The number of hydrogen-bond donors (Lipinski definition) is 1. The van der Waals surface area contributed by atoms with Crippen LogP contribution in [0.2, 0.25) is 0 Å². The second-order valence-electron chi connectivity index (χ2n) is 6.13. The SMILES string of the molecule is CC1(C)Cc2ccccc2C1Nc1cccc(C#N)c1. The van der Waals surface area contributed by atoms with Crippen molar-refractivity contribution < 1.29 is 0 Å². The van der Waals surface area contributed by atoms with Crippen LogP contribution in [0.4, 0.5) is 5.69 Å². The summed E-state index contributed by atoms with van der Waals surface area (Å²) in [5.74, 6) is 0. The van der Waals surface area contributed by atoms with Crippen molar-refractivity contribution in [2.45, 2.75) is 26.3 Å². The smallest absolute Gasteiger partial charge is 0.0992 e. The minimum Gasteiger partial charge on any atom is -0.378 e. The zero-order valence-corrected chi connectivity index (χ0v) is 11.9. The fourth-order valence-electron chi connectivity index (χ4n) is 3.11. The molecular weight excluding hydrogens is 244 g/mol. The van der Waals surface area contributed by atoms with Crippen LogP contribution in [0.5, 0.6) is 0 Å². The maximum atomic E-state index is 9.01. The normalized spacial score (nSPS) is 19.1. The number of nitrogens with zero attached hydrogens (tertiary/aromatic N) is 1. The molecule has 0 heterocycles. The molecule has 2 nitrogen and oxygen atoms in total. The van der Waals surface area contributed by atoms with E-state index in [9.17, 15) is 0 Å². The second kappa shape index (κ2) is 4.68. The summed E-state index contributed by atoms with van der Waals surface area (Å²) in [6.07, 6.45) is 1.08. The van der Waals surface area contributed by atoms with E-state index in [4.69, 9.17) is 5.26 Å². The summed E-state index contributed by atoms with van der Waals surface area (Å²) in [5, 5.41) is 12.6. The summed E-state index contributed by atoms with van der Waals surface area (Å²) >= 11 is 0. The summed E-state index contributed by atoms with van der Waals surface area (Å²) in [4.78, 5) is 0. The summed E-state index contributed by atoms with van der Waals surface area (Å²) in [5.41, 5.74) is 4.68. The van der Waals surface area contributed by atoms with Gasteiger partial charge in [0.1, 0.15) is 0 Å². The first-order valence-corrected chi connectivity index (χ1v) is 6.95. The third kappa shape index (κ3) is 2.16. The third-order valence-corrected chi connectivity index (χ3v) is 4.10. The molecule has 0 bridgehead atoms. The quantitative estimate of drug-likeness (QED) is 0.876. The number of anilines is 1. The van der Waals surface area contributed by atoms with Crippen LogP contribution >= 0.6 is 0 Å². The lowest BCUT2D eigenvalue weighted by Crippen LogP contribution is -2.24. The first-order chi connectivity index (χ1) is 9.60. The summed E-state index contributed by atoms with van der Waals surface area (Å²) in [6.45, 7) is 4.58. The van der Waals surface area contributed by atoms with Crippen LogP contribution in [0.3, 0.4) is 0 Å². The van der Waals surface area contributed by atoms with E-state index in [0.29, 0.717) is 5.56 Å². The maximum Gasteiger partial charge on any atom is 0.0992 e. The number of fused-ring (bicyclic) bond motifs is 1. The first-order valence-electron chi connectivity index (χ1n) is 6.95. The Morgan fingerprint density at radius 3 is 2.75 bits per heavy atom. The van der Waals surface area contributed by atoms with E-state index in [1.807, 2.05) is 24.3 Å². The molecule has 0 saturated heterocycles. The van der Waals surface area contributed by atoms with Gasteiger partial charge < -0.3 is 5.32 Å². The molecule has 1 atom stereocenters. The van der Waals surface area contributed by atoms with Crippen LogP contribution in [0.1, 0.15) is 36.6 Å². The van der Waals surface area contributed by atoms with E-state index in [1.54, 1.807) is 0 Å². The molecule has 2 aromatic rings. The zero-order chi connectivity index (χ0) is 14.2. The van der Waals surface area contributed by atoms with Crippen molar-refractivity contribution in [3.05, 3.63) is 65.2 Å². The van der Waals surface area contributed by atoms with Crippen molar-refractivity contribution in [3.63, 3.8) is 0 Å². The molecule has 0 fully saturated rings. The lowest BCUT2D eigenvalue weighted by molar-refractivity contribution is 0.337. The number of hydrogen-bond acceptors (Lipinski definition) is 2. The predicted octanol–water partition coefficient (Wildman–Crippen LogP) is 4.29. The van der Waals surface area contributed by atoms with Crippen LogP contribution in [-0.2, 0) is 6.42 Å². The van der Waals surface area contributed by atoms with Gasteiger partial charge >= 0.3 is 0 Å². The fraction of sp³-hybridized carbons (Fsp3) is 0.278. The Hall–Kier alpha value is -2.27. The summed E-state index contributed by atoms with van der Waals surface area (Å²) < 4.78 is 0. The molecule has 3 rings (SSSR count). The third-order valence-electron chi connectivity index (χ3n) is 4.10. The van der Waals surface area contributed by atoms with Gasteiger partial charge in [0.2, 0.25) is 0 Å². The van der Waals surface area contributed by atoms with Crippen molar-refractivity contribution >= 4 is 5.69 Å². The average Bonchev–Trinajstić information content (AvgIpc) is 2.70. The van der Waals surface area contributed by atoms with Gasteiger partial charge in [-0.3, -0.25) is 0 Å². The van der Waals surface area contributed by atoms with Crippen molar-refractivity contribution in [2.24, 2.45) is 5.41 Å². The van der Waals surface area contributed by atoms with E-state index < -0.39 is 0 Å².